The fourth-order valence-electron chi connectivity index (χ4n) is 2.39. The van der Waals surface area contributed by atoms with Crippen molar-refractivity contribution in [3.8, 4) is 16.9 Å². The van der Waals surface area contributed by atoms with Crippen LogP contribution in [0.3, 0.4) is 0 Å². The van der Waals surface area contributed by atoms with E-state index in [0.717, 1.165) is 27.5 Å². The molecule has 3 rings (SSSR count). The molecule has 0 unspecified atom stereocenters. The van der Waals surface area contributed by atoms with Crippen LogP contribution < -0.4 is 0 Å². The standard InChI is InChI=1S/C17H14O2/c18-11-12-4-3-6-14(10-12)17-15-7-2-1-5-13(15)8-9-16(17)19/h1-10,18-19H,11H2. The Morgan fingerprint density at radius 2 is 1.68 bits per heavy atom. The van der Waals surface area contributed by atoms with E-state index in [9.17, 15) is 10.2 Å². The van der Waals surface area contributed by atoms with Gasteiger partial charge in [-0.05, 0) is 34.0 Å². The third kappa shape index (κ3) is 2.07. The van der Waals surface area contributed by atoms with Crippen molar-refractivity contribution in [3.05, 3.63) is 66.2 Å². The Morgan fingerprint density at radius 1 is 0.842 bits per heavy atom. The molecule has 94 valence electrons. The summed E-state index contributed by atoms with van der Waals surface area (Å²) in [6.07, 6.45) is 0. The maximum Gasteiger partial charge on any atom is 0.124 e. The number of aliphatic hydroxyl groups is 1. The van der Waals surface area contributed by atoms with Crippen molar-refractivity contribution in [2.75, 3.05) is 0 Å². The number of aromatic hydroxyl groups is 1. The Morgan fingerprint density at radius 3 is 2.53 bits per heavy atom. The van der Waals surface area contributed by atoms with Gasteiger partial charge in [-0.15, -0.1) is 0 Å². The van der Waals surface area contributed by atoms with Crippen LogP contribution in [0.5, 0.6) is 5.75 Å². The van der Waals surface area contributed by atoms with Crippen molar-refractivity contribution in [1.29, 1.82) is 0 Å². The van der Waals surface area contributed by atoms with Crippen molar-refractivity contribution in [3.63, 3.8) is 0 Å². The van der Waals surface area contributed by atoms with Crippen LogP contribution in [0.1, 0.15) is 5.56 Å². The van der Waals surface area contributed by atoms with Gasteiger partial charge in [0.15, 0.2) is 0 Å². The zero-order valence-corrected chi connectivity index (χ0v) is 10.4. The molecule has 3 aromatic rings. The summed E-state index contributed by atoms with van der Waals surface area (Å²) >= 11 is 0. The molecule has 0 amide bonds. The fourth-order valence-corrected chi connectivity index (χ4v) is 2.39. The lowest BCUT2D eigenvalue weighted by atomic mass is 9.96. The van der Waals surface area contributed by atoms with Gasteiger partial charge in [-0.1, -0.05) is 48.5 Å². The third-order valence-corrected chi connectivity index (χ3v) is 3.31. The van der Waals surface area contributed by atoms with E-state index in [1.54, 1.807) is 6.07 Å². The molecular weight excluding hydrogens is 236 g/mol. The predicted molar refractivity (Wildman–Crippen MR) is 77.0 cm³/mol. The van der Waals surface area contributed by atoms with E-state index in [1.165, 1.54) is 0 Å². The van der Waals surface area contributed by atoms with Crippen LogP contribution in [0.2, 0.25) is 0 Å². The van der Waals surface area contributed by atoms with Crippen LogP contribution in [0.25, 0.3) is 21.9 Å². The molecule has 2 heteroatoms. The van der Waals surface area contributed by atoms with Crippen LogP contribution in [-0.2, 0) is 6.61 Å². The van der Waals surface area contributed by atoms with E-state index in [1.807, 2.05) is 54.6 Å². The molecule has 0 saturated heterocycles. The molecule has 0 aliphatic carbocycles. The highest BCUT2D eigenvalue weighted by atomic mass is 16.3. The number of rotatable bonds is 2. The fraction of sp³-hybridized carbons (Fsp3) is 0.0588. The Balaban J connectivity index is 2.31. The van der Waals surface area contributed by atoms with E-state index in [-0.39, 0.29) is 12.4 Å². The molecule has 2 N–H and O–H groups in total. The normalized spacial score (nSPS) is 10.8. The van der Waals surface area contributed by atoms with E-state index < -0.39 is 0 Å². The first kappa shape index (κ1) is 11.8. The summed E-state index contributed by atoms with van der Waals surface area (Å²) < 4.78 is 0. The molecule has 0 aliphatic heterocycles. The summed E-state index contributed by atoms with van der Waals surface area (Å²) in [7, 11) is 0. The predicted octanol–water partition coefficient (Wildman–Crippen LogP) is 3.70. The van der Waals surface area contributed by atoms with Gasteiger partial charge in [-0.25, -0.2) is 0 Å². The SMILES string of the molecule is OCc1cccc(-c2c(O)ccc3ccccc23)c1. The maximum absolute atomic E-state index is 10.2. The number of aliphatic hydroxyl groups excluding tert-OH is 1. The zero-order chi connectivity index (χ0) is 13.2. The van der Waals surface area contributed by atoms with Gasteiger partial charge < -0.3 is 10.2 Å². The molecule has 2 nitrogen and oxygen atoms in total. The molecule has 0 aliphatic rings. The van der Waals surface area contributed by atoms with Gasteiger partial charge in [0.25, 0.3) is 0 Å². The first-order valence-electron chi connectivity index (χ1n) is 6.20. The van der Waals surface area contributed by atoms with Crippen LogP contribution >= 0.6 is 0 Å². The first-order valence-corrected chi connectivity index (χ1v) is 6.20. The number of benzene rings is 3. The van der Waals surface area contributed by atoms with E-state index in [4.69, 9.17) is 0 Å². The average Bonchev–Trinajstić information content (AvgIpc) is 2.47. The number of phenols is 1. The highest BCUT2D eigenvalue weighted by Gasteiger charge is 2.09. The highest BCUT2D eigenvalue weighted by molar-refractivity contribution is 5.99. The molecular formula is C17H14O2. The molecule has 0 aromatic heterocycles. The lowest BCUT2D eigenvalue weighted by Crippen LogP contribution is -1.86. The minimum atomic E-state index is -0.000627. The third-order valence-electron chi connectivity index (χ3n) is 3.31. The van der Waals surface area contributed by atoms with E-state index in [2.05, 4.69) is 0 Å². The van der Waals surface area contributed by atoms with Crippen LogP contribution in [0.4, 0.5) is 0 Å². The number of hydrogen-bond acceptors (Lipinski definition) is 2. The van der Waals surface area contributed by atoms with Crippen molar-refractivity contribution in [1.82, 2.24) is 0 Å². The van der Waals surface area contributed by atoms with E-state index in [0.29, 0.717) is 0 Å². The summed E-state index contributed by atoms with van der Waals surface area (Å²) in [6, 6.07) is 19.2. The molecule has 0 fully saturated rings. The van der Waals surface area contributed by atoms with Crippen LogP contribution in [0.15, 0.2) is 60.7 Å². The van der Waals surface area contributed by atoms with Gasteiger partial charge in [0.05, 0.1) is 6.61 Å². The summed E-state index contributed by atoms with van der Waals surface area (Å²) in [5.41, 5.74) is 2.57. The smallest absolute Gasteiger partial charge is 0.124 e. The summed E-state index contributed by atoms with van der Waals surface area (Å²) in [5, 5.41) is 21.5. The van der Waals surface area contributed by atoms with Gasteiger partial charge in [0.1, 0.15) is 5.75 Å². The Hall–Kier alpha value is -2.32. The van der Waals surface area contributed by atoms with Crippen molar-refractivity contribution in [2.45, 2.75) is 6.61 Å². The molecule has 0 spiro atoms. The van der Waals surface area contributed by atoms with Crippen molar-refractivity contribution >= 4 is 10.8 Å². The largest absolute Gasteiger partial charge is 0.507 e. The number of fused-ring (bicyclic) bond motifs is 1. The molecule has 0 atom stereocenters. The zero-order valence-electron chi connectivity index (χ0n) is 10.4. The minimum Gasteiger partial charge on any atom is -0.507 e. The maximum atomic E-state index is 10.2. The average molecular weight is 250 g/mol. The number of hydrogen-bond donors (Lipinski definition) is 2. The molecule has 0 heterocycles. The molecule has 0 radical (unpaired) electrons. The van der Waals surface area contributed by atoms with Gasteiger partial charge in [-0.2, -0.15) is 0 Å². The Bertz CT molecular complexity index is 732. The van der Waals surface area contributed by atoms with Crippen molar-refractivity contribution < 1.29 is 10.2 Å². The van der Waals surface area contributed by atoms with Gasteiger partial charge >= 0.3 is 0 Å². The lowest BCUT2D eigenvalue weighted by molar-refractivity contribution is 0.282. The quantitative estimate of drug-likeness (QED) is 0.728. The lowest BCUT2D eigenvalue weighted by Gasteiger charge is -2.10. The van der Waals surface area contributed by atoms with Gasteiger partial charge in [-0.3, -0.25) is 0 Å². The summed E-state index contributed by atoms with van der Waals surface area (Å²) in [4.78, 5) is 0. The highest BCUT2D eigenvalue weighted by Crippen LogP contribution is 2.36. The van der Waals surface area contributed by atoms with Gasteiger partial charge in [0.2, 0.25) is 0 Å². The molecule has 0 bridgehead atoms. The van der Waals surface area contributed by atoms with Gasteiger partial charge in [0, 0.05) is 5.56 Å². The molecule has 3 aromatic carbocycles. The topological polar surface area (TPSA) is 40.5 Å². The molecule has 0 saturated carbocycles. The summed E-state index contributed by atoms with van der Waals surface area (Å²) in [5.74, 6) is 0.258. The second-order valence-electron chi connectivity index (χ2n) is 4.54. The Kier molecular flexibility index (Phi) is 2.94. The Labute approximate surface area is 111 Å². The minimum absolute atomic E-state index is 0.000627. The number of phenolic OH excluding ortho intramolecular Hbond substituents is 1. The monoisotopic (exact) mass is 250 g/mol. The first-order chi connectivity index (χ1) is 9.29. The van der Waals surface area contributed by atoms with Crippen molar-refractivity contribution in [2.24, 2.45) is 0 Å². The molecule has 19 heavy (non-hydrogen) atoms. The second kappa shape index (κ2) is 4.75. The van der Waals surface area contributed by atoms with Crippen LogP contribution in [-0.4, -0.2) is 10.2 Å². The van der Waals surface area contributed by atoms with Crippen LogP contribution in [0, 0.1) is 0 Å². The van der Waals surface area contributed by atoms with E-state index >= 15 is 0 Å². The summed E-state index contributed by atoms with van der Waals surface area (Å²) in [6.45, 7) is -0.000627. The second-order valence-corrected chi connectivity index (χ2v) is 4.54.